The number of methoxy groups -OCH3 is 1. The molecular formula is C3H5N2O2+. The van der Waals surface area contributed by atoms with Crippen molar-refractivity contribution in [2.75, 3.05) is 7.11 Å². The molecule has 0 aromatic rings. The molecule has 0 saturated heterocycles. The Labute approximate surface area is 40.6 Å². The molecule has 4 heteroatoms. The molecule has 0 aliphatic rings. The van der Waals surface area contributed by atoms with E-state index in [0.717, 1.165) is 6.20 Å². The van der Waals surface area contributed by atoms with Crippen molar-refractivity contribution in [2.45, 2.75) is 0 Å². The van der Waals surface area contributed by atoms with E-state index in [1.807, 2.05) is 0 Å². The van der Waals surface area contributed by atoms with E-state index >= 15 is 0 Å². The van der Waals surface area contributed by atoms with Crippen LogP contribution in [0.2, 0.25) is 0 Å². The fourth-order valence-corrected chi connectivity index (χ4v) is 0.102. The van der Waals surface area contributed by atoms with Crippen molar-refractivity contribution in [2.24, 2.45) is 0 Å². The normalized spacial score (nSPS) is 10.0. The highest BCUT2D eigenvalue weighted by Crippen LogP contribution is 1.85. The van der Waals surface area contributed by atoms with Crippen LogP contribution in [0.5, 0.6) is 0 Å². The van der Waals surface area contributed by atoms with Gasteiger partial charge in [-0.2, -0.15) is 0 Å². The lowest BCUT2D eigenvalue weighted by Crippen LogP contribution is -1.79. The van der Waals surface area contributed by atoms with Crippen molar-refractivity contribution in [3.05, 3.63) is 17.1 Å². The number of rotatable bonds is 1. The Morgan fingerprint density at radius 3 is 2.71 bits per heavy atom. The maximum absolute atomic E-state index is 8.24. The highest BCUT2D eigenvalue weighted by atomic mass is 16.6. The van der Waals surface area contributed by atoms with E-state index in [-0.39, 0.29) is 0 Å². The molecule has 38 valence electrons. The van der Waals surface area contributed by atoms with E-state index in [1.165, 1.54) is 7.11 Å². The molecule has 4 nitrogen and oxygen atoms in total. The van der Waals surface area contributed by atoms with Gasteiger partial charge in [0.05, 0.1) is 7.11 Å². The van der Waals surface area contributed by atoms with Crippen LogP contribution in [0, 0.1) is 5.39 Å². The summed E-state index contributed by atoms with van der Waals surface area (Å²) in [6.45, 7) is 0. The minimum Gasteiger partial charge on any atom is -0.476 e. The molecule has 0 atom stereocenters. The smallest absolute Gasteiger partial charge is 0.429 e. The molecule has 0 aromatic carbocycles. The molecule has 0 amide bonds. The zero-order valence-electron chi connectivity index (χ0n) is 3.83. The third-order valence-electron chi connectivity index (χ3n) is 0.377. The fourth-order valence-electron chi connectivity index (χ4n) is 0.102. The predicted molar refractivity (Wildman–Crippen MR) is 22.8 cm³/mol. The summed E-state index contributed by atoms with van der Waals surface area (Å²) in [5.41, 5.74) is 0. The number of aliphatic hydroxyl groups excluding tert-OH is 1. The first-order chi connectivity index (χ1) is 3.31. The Balaban J connectivity index is 3.56. The molecule has 0 aromatic heterocycles. The van der Waals surface area contributed by atoms with Crippen LogP contribution in [-0.4, -0.2) is 12.2 Å². The molecule has 0 saturated carbocycles. The first kappa shape index (κ1) is 5.76. The van der Waals surface area contributed by atoms with E-state index in [9.17, 15) is 0 Å². The Hall–Kier alpha value is -1.24. The van der Waals surface area contributed by atoms with Gasteiger partial charge >= 0.3 is 12.1 Å². The SMILES string of the molecule is CO/C(O)=C/[N+]#N. The molecule has 0 fully saturated rings. The predicted octanol–water partition coefficient (Wildman–Crippen LogP) is 0.843. The molecule has 0 bridgehead atoms. The number of hydrogen-bond donors (Lipinski definition) is 1. The van der Waals surface area contributed by atoms with E-state index in [2.05, 4.69) is 9.71 Å². The highest BCUT2D eigenvalue weighted by Gasteiger charge is 1.92. The zero-order valence-corrected chi connectivity index (χ0v) is 3.83. The number of ether oxygens (including phenoxy) is 1. The minimum atomic E-state index is -0.414. The molecule has 0 rings (SSSR count). The lowest BCUT2D eigenvalue weighted by Gasteiger charge is -1.83. The van der Waals surface area contributed by atoms with Gasteiger partial charge in [-0.05, 0) is 0 Å². The summed E-state index contributed by atoms with van der Waals surface area (Å²) in [4.78, 5) is 2.47. The maximum atomic E-state index is 8.24. The number of aliphatic hydroxyl groups is 1. The lowest BCUT2D eigenvalue weighted by molar-refractivity contribution is 0.136. The summed E-state index contributed by atoms with van der Waals surface area (Å²) >= 11 is 0. The van der Waals surface area contributed by atoms with Crippen molar-refractivity contribution in [1.82, 2.24) is 0 Å². The Bertz CT molecular complexity index is 113. The molecule has 0 unspecified atom stereocenters. The monoisotopic (exact) mass is 101 g/mol. The van der Waals surface area contributed by atoms with Gasteiger partial charge in [0.25, 0.3) is 0 Å². The summed E-state index contributed by atoms with van der Waals surface area (Å²) in [5.74, 6) is -0.414. The van der Waals surface area contributed by atoms with Crippen LogP contribution in [0.3, 0.4) is 0 Å². The summed E-state index contributed by atoms with van der Waals surface area (Å²) in [6, 6.07) is 0. The largest absolute Gasteiger partial charge is 0.476 e. The van der Waals surface area contributed by atoms with Gasteiger partial charge in [-0.1, -0.05) is 0 Å². The summed E-state index contributed by atoms with van der Waals surface area (Å²) in [5, 5.41) is 15.9. The van der Waals surface area contributed by atoms with E-state index in [4.69, 9.17) is 10.5 Å². The maximum Gasteiger partial charge on any atom is 0.429 e. The first-order valence-corrected chi connectivity index (χ1v) is 1.58. The first-order valence-electron chi connectivity index (χ1n) is 1.58. The molecule has 7 heavy (non-hydrogen) atoms. The van der Waals surface area contributed by atoms with E-state index in [1.54, 1.807) is 0 Å². The topological polar surface area (TPSA) is 57.6 Å². The molecule has 1 N–H and O–H groups in total. The minimum absolute atomic E-state index is 0.414. The van der Waals surface area contributed by atoms with Gasteiger partial charge in [0.2, 0.25) is 5.39 Å². The van der Waals surface area contributed by atoms with Crippen LogP contribution in [0.25, 0.3) is 4.98 Å². The van der Waals surface area contributed by atoms with Crippen LogP contribution in [-0.2, 0) is 4.74 Å². The van der Waals surface area contributed by atoms with Gasteiger partial charge in [-0.3, -0.25) is 0 Å². The number of nitrogens with zero attached hydrogens (tertiary/aromatic N) is 2. The number of hydrogen-bond acceptors (Lipinski definition) is 3. The van der Waals surface area contributed by atoms with Gasteiger partial charge in [0.1, 0.15) is 0 Å². The Morgan fingerprint density at radius 1 is 2.00 bits per heavy atom. The highest BCUT2D eigenvalue weighted by molar-refractivity contribution is 4.86. The van der Waals surface area contributed by atoms with Crippen molar-refractivity contribution in [3.8, 4) is 0 Å². The molecule has 0 aliphatic carbocycles. The second kappa shape index (κ2) is 2.97. The van der Waals surface area contributed by atoms with Crippen molar-refractivity contribution in [1.29, 1.82) is 5.39 Å². The standard InChI is InChI=1S/C3H4N2O2/c1-7-3(6)2-5-4/h2H,1H3/p+1/b3-2+. The molecule has 0 spiro atoms. The van der Waals surface area contributed by atoms with Gasteiger partial charge in [0.15, 0.2) is 4.98 Å². The van der Waals surface area contributed by atoms with E-state index in [0.29, 0.717) is 0 Å². The zero-order chi connectivity index (χ0) is 5.70. The summed E-state index contributed by atoms with van der Waals surface area (Å²) < 4.78 is 4.15. The quantitative estimate of drug-likeness (QED) is 0.393. The third-order valence-corrected chi connectivity index (χ3v) is 0.377. The second-order valence-corrected chi connectivity index (χ2v) is 0.787. The van der Waals surface area contributed by atoms with Crippen LogP contribution in [0.15, 0.2) is 12.1 Å². The fraction of sp³-hybridized carbons (Fsp3) is 0.333. The third kappa shape index (κ3) is 2.56. The van der Waals surface area contributed by atoms with Gasteiger partial charge < -0.3 is 9.84 Å². The van der Waals surface area contributed by atoms with Gasteiger partial charge in [-0.15, -0.1) is 0 Å². The van der Waals surface area contributed by atoms with Crippen LogP contribution in [0.1, 0.15) is 0 Å². The molecule has 0 heterocycles. The molecular weight excluding hydrogens is 96.0 g/mol. The Morgan fingerprint density at radius 2 is 2.57 bits per heavy atom. The average molecular weight is 101 g/mol. The van der Waals surface area contributed by atoms with Crippen LogP contribution >= 0.6 is 0 Å². The lowest BCUT2D eigenvalue weighted by atomic mass is 10.9. The average Bonchev–Trinajstić information content (AvgIpc) is 1.68. The van der Waals surface area contributed by atoms with Crippen molar-refractivity contribution in [3.63, 3.8) is 0 Å². The number of diazo groups is 1. The summed E-state index contributed by atoms with van der Waals surface area (Å²) in [6.07, 6.45) is 0.778. The molecule has 0 radical (unpaired) electrons. The van der Waals surface area contributed by atoms with Crippen molar-refractivity contribution < 1.29 is 9.84 Å². The van der Waals surface area contributed by atoms with Crippen LogP contribution in [0.4, 0.5) is 0 Å². The van der Waals surface area contributed by atoms with Gasteiger partial charge in [-0.25, -0.2) is 0 Å². The van der Waals surface area contributed by atoms with Gasteiger partial charge in [0, 0.05) is 0 Å². The van der Waals surface area contributed by atoms with Crippen LogP contribution < -0.4 is 0 Å². The second-order valence-electron chi connectivity index (χ2n) is 0.787. The van der Waals surface area contributed by atoms with Crippen molar-refractivity contribution >= 4 is 0 Å². The Kier molecular flexibility index (Phi) is 2.44. The van der Waals surface area contributed by atoms with E-state index < -0.39 is 5.95 Å². The summed E-state index contributed by atoms with van der Waals surface area (Å²) in [7, 11) is 1.26. The molecule has 0 aliphatic heterocycles.